The van der Waals surface area contributed by atoms with Gasteiger partial charge in [0.1, 0.15) is 0 Å². The molecule has 260 valence electrons. The van der Waals surface area contributed by atoms with Crippen molar-refractivity contribution in [1.29, 1.82) is 0 Å². The Balaban J connectivity index is 0.000000462. The maximum absolute atomic E-state index is 14.2. The van der Waals surface area contributed by atoms with E-state index in [1.54, 1.807) is 0 Å². The van der Waals surface area contributed by atoms with Crippen molar-refractivity contribution in [2.24, 2.45) is 5.11 Å². The van der Waals surface area contributed by atoms with Crippen LogP contribution in [0.5, 0.6) is 0 Å². The van der Waals surface area contributed by atoms with Crippen molar-refractivity contribution in [2.75, 3.05) is 5.73 Å². The van der Waals surface area contributed by atoms with E-state index in [4.69, 9.17) is 57.7 Å². The fraction of sp³-hybridized carbons (Fsp3) is 0.400. The summed E-state index contributed by atoms with van der Waals surface area (Å²) in [5.74, 6) is -13.6. The number of alkyl halides is 18. The van der Waals surface area contributed by atoms with Crippen LogP contribution in [-0.2, 0) is 11.3 Å². The molecular weight excluding hydrogens is 780 g/mol. The van der Waals surface area contributed by atoms with Gasteiger partial charge in [-0.3, -0.25) is 0 Å². The number of nitrogens with zero attached hydrogens (tertiary/aromatic N) is 3. The lowest BCUT2D eigenvalue weighted by Gasteiger charge is -2.36. The number of benzene rings is 2. The van der Waals surface area contributed by atoms with Gasteiger partial charge in [-0.1, -0.05) is 51.5 Å². The molecule has 26 heteroatoms. The SMILES string of the molecule is Nc1c(Cl)cc(C(F)(C(F)(F)F)C(F)(F)C(F)(F)F)cc1Cl.[N-]=[N+]=Nc1c(Cl)cc(C(F)(C(F)(F)F)C(F)(F)C(F)(F)F)cc1Cl. The van der Waals surface area contributed by atoms with E-state index in [0.29, 0.717) is 0 Å². The minimum Gasteiger partial charge on any atom is -0.396 e. The number of hydrogen-bond acceptors (Lipinski definition) is 2. The number of rotatable bonds is 5. The van der Waals surface area contributed by atoms with Gasteiger partial charge in [0.2, 0.25) is 0 Å². The summed E-state index contributed by atoms with van der Waals surface area (Å²) in [7, 11) is 0. The number of nitrogens with two attached hydrogens (primary N) is 1. The molecule has 0 aliphatic rings. The summed E-state index contributed by atoms with van der Waals surface area (Å²) in [6, 6.07) is -0.527. The third-order valence-corrected chi connectivity index (χ3v) is 6.60. The van der Waals surface area contributed by atoms with Crippen molar-refractivity contribution in [3.63, 3.8) is 0 Å². The molecule has 2 rings (SSSR count). The Morgan fingerprint density at radius 2 is 0.761 bits per heavy atom. The zero-order valence-electron chi connectivity index (χ0n) is 20.5. The Morgan fingerprint density at radius 3 is 0.978 bits per heavy atom. The smallest absolute Gasteiger partial charge is 0.396 e. The minimum atomic E-state index is -6.88. The molecule has 0 aromatic heterocycles. The minimum absolute atomic E-state index is 0.0874. The first-order chi connectivity index (χ1) is 20.2. The maximum atomic E-state index is 14.2. The molecule has 0 spiro atoms. The van der Waals surface area contributed by atoms with Gasteiger partial charge in [-0.25, -0.2) is 8.78 Å². The van der Waals surface area contributed by atoms with Gasteiger partial charge in [-0.2, -0.15) is 70.2 Å². The molecule has 0 bridgehead atoms. The van der Waals surface area contributed by atoms with E-state index in [0.717, 1.165) is 0 Å². The fourth-order valence-corrected chi connectivity index (χ4v) is 4.17. The third-order valence-electron chi connectivity index (χ3n) is 5.39. The molecule has 46 heavy (non-hydrogen) atoms. The van der Waals surface area contributed by atoms with Crippen molar-refractivity contribution >= 4 is 57.8 Å². The van der Waals surface area contributed by atoms with Gasteiger partial charge in [0.05, 0.1) is 31.5 Å². The summed E-state index contributed by atoms with van der Waals surface area (Å²) in [6.45, 7) is 0. The van der Waals surface area contributed by atoms with Crippen LogP contribution in [0.3, 0.4) is 0 Å². The van der Waals surface area contributed by atoms with E-state index in [-0.39, 0.29) is 24.3 Å². The fourth-order valence-electron chi connectivity index (χ4n) is 3.12. The maximum Gasteiger partial charge on any atom is 0.457 e. The van der Waals surface area contributed by atoms with Crippen molar-refractivity contribution in [2.45, 2.75) is 47.9 Å². The molecule has 0 aliphatic carbocycles. The molecule has 2 aromatic carbocycles. The lowest BCUT2D eigenvalue weighted by molar-refractivity contribution is -0.389. The Kier molecular flexibility index (Phi) is 11.6. The second-order valence-electron chi connectivity index (χ2n) is 8.29. The highest BCUT2D eigenvalue weighted by atomic mass is 35.5. The molecule has 0 saturated carbocycles. The van der Waals surface area contributed by atoms with Gasteiger partial charge in [0.25, 0.3) is 0 Å². The summed E-state index contributed by atoms with van der Waals surface area (Å²) in [6.07, 6.45) is -27.0. The van der Waals surface area contributed by atoms with E-state index >= 15 is 0 Å². The average molecular weight is 786 g/mol. The van der Waals surface area contributed by atoms with Gasteiger partial charge in [-0.15, -0.1) is 0 Å². The van der Waals surface area contributed by atoms with Crippen LogP contribution in [0.1, 0.15) is 11.1 Å². The Labute approximate surface area is 261 Å². The largest absolute Gasteiger partial charge is 0.457 e. The Hall–Kier alpha value is -2.55. The van der Waals surface area contributed by atoms with E-state index < -0.39 is 90.5 Å². The molecule has 2 atom stereocenters. The second-order valence-corrected chi connectivity index (χ2v) is 9.92. The number of azide groups is 1. The molecule has 2 N–H and O–H groups in total. The highest BCUT2D eigenvalue weighted by Crippen LogP contribution is 2.60. The molecule has 0 fully saturated rings. The van der Waals surface area contributed by atoms with Gasteiger partial charge in [0, 0.05) is 16.0 Å². The van der Waals surface area contributed by atoms with Gasteiger partial charge in [-0.05, 0) is 29.8 Å². The van der Waals surface area contributed by atoms with E-state index in [9.17, 15) is 79.0 Å². The first kappa shape index (κ1) is 41.5. The molecule has 0 heterocycles. The van der Waals surface area contributed by atoms with Crippen LogP contribution >= 0.6 is 46.4 Å². The number of anilines is 1. The lowest BCUT2D eigenvalue weighted by Crippen LogP contribution is -2.59. The van der Waals surface area contributed by atoms with Crippen LogP contribution in [-0.4, -0.2) is 36.6 Å². The zero-order chi connectivity index (χ0) is 36.9. The average Bonchev–Trinajstić information content (AvgIpc) is 2.85. The molecule has 0 amide bonds. The van der Waals surface area contributed by atoms with Crippen molar-refractivity contribution in [1.82, 2.24) is 0 Å². The van der Waals surface area contributed by atoms with Crippen molar-refractivity contribution in [3.8, 4) is 0 Å². The second kappa shape index (κ2) is 12.8. The zero-order valence-corrected chi connectivity index (χ0v) is 23.6. The highest BCUT2D eigenvalue weighted by molar-refractivity contribution is 6.39. The monoisotopic (exact) mass is 784 g/mol. The van der Waals surface area contributed by atoms with Crippen LogP contribution in [0, 0.1) is 0 Å². The summed E-state index contributed by atoms with van der Waals surface area (Å²) in [5, 5.41) is -1.13. The predicted molar refractivity (Wildman–Crippen MR) is 126 cm³/mol. The first-order valence-corrected chi connectivity index (χ1v) is 11.9. The summed E-state index contributed by atoms with van der Waals surface area (Å²) in [5.41, 5.74) is -4.68. The molecule has 0 saturated heterocycles. The van der Waals surface area contributed by atoms with Crippen LogP contribution in [0.15, 0.2) is 29.4 Å². The molecule has 4 nitrogen and oxygen atoms in total. The summed E-state index contributed by atoms with van der Waals surface area (Å²) in [4.78, 5) is 2.17. The van der Waals surface area contributed by atoms with Gasteiger partial charge in [0.15, 0.2) is 0 Å². The van der Waals surface area contributed by atoms with Gasteiger partial charge < -0.3 is 5.73 Å². The van der Waals surface area contributed by atoms with E-state index in [1.807, 2.05) is 0 Å². The molecule has 2 aromatic rings. The predicted octanol–water partition coefficient (Wildman–Crippen LogP) is 12.4. The standard InChI is InChI=1S/C10H2Cl2F9N3.C10H4Cl2F9N/c11-4-1-3(2-5(12)6(4)23-24-22)7(13,9(16,17)18)8(14,15)10(19,20)21;11-4-1-3(2-5(12)6(4)22)7(13,9(16,17)18)8(14,15)10(19,20)21/h1-2H;1-2H,22H2. The molecule has 0 aliphatic heterocycles. The highest BCUT2D eigenvalue weighted by Gasteiger charge is 2.83. The molecule has 0 radical (unpaired) electrons. The van der Waals surface area contributed by atoms with Crippen LogP contribution in [0.4, 0.5) is 90.4 Å². The quantitative estimate of drug-likeness (QED) is 0.106. The molecule has 2 unspecified atom stereocenters. The molecular formula is C20H6Cl4F18N4. The Morgan fingerprint density at radius 1 is 0.500 bits per heavy atom. The van der Waals surface area contributed by atoms with E-state index in [1.165, 1.54) is 0 Å². The van der Waals surface area contributed by atoms with Crippen LogP contribution in [0.25, 0.3) is 10.4 Å². The summed E-state index contributed by atoms with van der Waals surface area (Å²) < 4.78 is 231. The third kappa shape index (κ3) is 7.00. The summed E-state index contributed by atoms with van der Waals surface area (Å²) >= 11 is 21.2. The number of halogens is 22. The van der Waals surface area contributed by atoms with Crippen molar-refractivity contribution in [3.05, 3.63) is 65.9 Å². The number of hydrogen-bond donors (Lipinski definition) is 1. The lowest BCUT2D eigenvalue weighted by atomic mass is 9.87. The van der Waals surface area contributed by atoms with Crippen molar-refractivity contribution < 1.29 is 79.0 Å². The van der Waals surface area contributed by atoms with E-state index in [2.05, 4.69) is 10.0 Å². The van der Waals surface area contributed by atoms with Crippen LogP contribution in [0.2, 0.25) is 20.1 Å². The van der Waals surface area contributed by atoms with Crippen LogP contribution < -0.4 is 5.73 Å². The normalized spacial score (nSPS) is 16.0. The Bertz CT molecular complexity index is 1450. The van der Waals surface area contributed by atoms with Gasteiger partial charge >= 0.3 is 47.9 Å². The number of nitrogen functional groups attached to an aromatic ring is 1. The topological polar surface area (TPSA) is 74.8 Å². The first-order valence-electron chi connectivity index (χ1n) is 10.4.